The number of nitrogen functional groups attached to an aromatic ring is 1. The highest BCUT2D eigenvalue weighted by atomic mass is 19.1. The Hall–Kier alpha value is -3.43. The first kappa shape index (κ1) is 20.3. The van der Waals surface area contributed by atoms with E-state index in [9.17, 15) is 13.2 Å². The van der Waals surface area contributed by atoms with Gasteiger partial charge in [0.1, 0.15) is 11.5 Å². The fourth-order valence-electron chi connectivity index (χ4n) is 2.97. The molecule has 3 rings (SSSR count). The zero-order chi connectivity index (χ0) is 21.3. The first-order valence-electron chi connectivity index (χ1n) is 8.72. The summed E-state index contributed by atoms with van der Waals surface area (Å²) < 4.78 is 48.5. The lowest BCUT2D eigenvalue weighted by atomic mass is 10.1. The van der Waals surface area contributed by atoms with E-state index in [0.717, 1.165) is 0 Å². The first-order chi connectivity index (χ1) is 13.7. The van der Waals surface area contributed by atoms with Crippen LogP contribution in [0.1, 0.15) is 26.6 Å². The lowest BCUT2D eigenvalue weighted by Crippen LogP contribution is -2.30. The fraction of sp³-hybridized carbons (Fsp3) is 0.263. The third-order valence-corrected chi connectivity index (χ3v) is 4.33. The second-order valence-electron chi connectivity index (χ2n) is 6.79. The van der Waals surface area contributed by atoms with Crippen LogP contribution in [0.5, 0.6) is 5.75 Å². The molecule has 29 heavy (non-hydrogen) atoms. The van der Waals surface area contributed by atoms with Crippen LogP contribution in [0.2, 0.25) is 0 Å². The van der Waals surface area contributed by atoms with Crippen molar-refractivity contribution in [3.8, 4) is 17.1 Å². The zero-order valence-corrected chi connectivity index (χ0v) is 16.0. The molecule has 1 heterocycles. The Morgan fingerprint density at radius 2 is 1.79 bits per heavy atom. The Bertz CT molecular complexity index is 1060. The Morgan fingerprint density at radius 3 is 2.38 bits per heavy atom. The van der Waals surface area contributed by atoms with Gasteiger partial charge >= 0.3 is 0 Å². The van der Waals surface area contributed by atoms with Gasteiger partial charge in [-0.05, 0) is 39.0 Å². The zero-order valence-electron chi connectivity index (χ0n) is 16.0. The molecule has 0 aliphatic heterocycles. The van der Waals surface area contributed by atoms with E-state index >= 15 is 0 Å². The molecule has 0 aliphatic rings. The van der Waals surface area contributed by atoms with Gasteiger partial charge in [-0.3, -0.25) is 0 Å². The minimum atomic E-state index is -1.29. The molecule has 0 saturated heterocycles. The van der Waals surface area contributed by atoms with Crippen LogP contribution >= 0.6 is 0 Å². The topological polar surface area (TPSA) is 102 Å². The smallest absolute Gasteiger partial charge is 0.192 e. The predicted octanol–water partition coefficient (Wildman–Crippen LogP) is 4.94. The molecule has 0 spiro atoms. The number of hydrogen-bond acceptors (Lipinski definition) is 6. The van der Waals surface area contributed by atoms with Gasteiger partial charge in [0.05, 0.1) is 5.69 Å². The molecule has 10 heteroatoms. The van der Waals surface area contributed by atoms with Crippen LogP contribution in [0.15, 0.2) is 35.4 Å². The van der Waals surface area contributed by atoms with Gasteiger partial charge in [0.25, 0.3) is 0 Å². The van der Waals surface area contributed by atoms with Crippen LogP contribution in [0.3, 0.4) is 0 Å². The van der Waals surface area contributed by atoms with Gasteiger partial charge in [-0.1, -0.05) is 0 Å². The maximum Gasteiger partial charge on any atom is 0.192 e. The van der Waals surface area contributed by atoms with E-state index in [2.05, 4.69) is 15.3 Å². The van der Waals surface area contributed by atoms with Gasteiger partial charge in [-0.2, -0.15) is 5.11 Å². The molecule has 1 aromatic heterocycles. The van der Waals surface area contributed by atoms with E-state index in [1.165, 1.54) is 0 Å². The van der Waals surface area contributed by atoms with Crippen molar-refractivity contribution in [1.82, 2.24) is 14.8 Å². The average Bonchev–Trinajstić information content (AvgIpc) is 3.10. The van der Waals surface area contributed by atoms with E-state index in [4.69, 9.17) is 16.0 Å². The highest BCUT2D eigenvalue weighted by Crippen LogP contribution is 2.34. The highest BCUT2D eigenvalue weighted by molar-refractivity contribution is 5.71. The first-order valence-corrected chi connectivity index (χ1v) is 8.72. The summed E-state index contributed by atoms with van der Waals surface area (Å²) in [7, 11) is 0. The molecule has 152 valence electrons. The number of aromatic nitrogens is 3. The summed E-state index contributed by atoms with van der Waals surface area (Å²) in [6.45, 7) is 5.42. The second-order valence-corrected chi connectivity index (χ2v) is 6.79. The average molecular weight is 404 g/mol. The van der Waals surface area contributed by atoms with E-state index in [-0.39, 0.29) is 5.69 Å². The summed E-state index contributed by atoms with van der Waals surface area (Å²) in [4.78, 5) is 0. The van der Waals surface area contributed by atoms with E-state index in [1.807, 2.05) is 6.92 Å². The molecule has 7 nitrogen and oxygen atoms in total. The monoisotopic (exact) mass is 404 g/mol. The highest BCUT2D eigenvalue weighted by Gasteiger charge is 2.33. The molecule has 0 fully saturated rings. The molecule has 0 radical (unpaired) electrons. The third-order valence-electron chi connectivity index (χ3n) is 4.33. The van der Waals surface area contributed by atoms with Gasteiger partial charge in [0.15, 0.2) is 34.6 Å². The molecule has 3 aromatic rings. The molecule has 0 unspecified atom stereocenters. The number of nitrogens with zero attached hydrogens (tertiary/aromatic N) is 4. The summed E-state index contributed by atoms with van der Waals surface area (Å²) in [5.74, 6) is -3.30. The molecular weight excluding hydrogens is 385 g/mol. The van der Waals surface area contributed by atoms with Crippen LogP contribution in [0.25, 0.3) is 11.4 Å². The van der Waals surface area contributed by atoms with Gasteiger partial charge in [-0.15, -0.1) is 10.2 Å². The molecule has 2 aromatic carbocycles. The summed E-state index contributed by atoms with van der Waals surface area (Å²) >= 11 is 0. The minimum absolute atomic E-state index is 0.278. The number of nitrogens with two attached hydrogens (primary N) is 1. The van der Waals surface area contributed by atoms with Crippen molar-refractivity contribution in [2.45, 2.75) is 32.9 Å². The van der Waals surface area contributed by atoms with Crippen molar-refractivity contribution in [2.75, 3.05) is 5.73 Å². The third kappa shape index (κ3) is 3.78. The van der Waals surface area contributed by atoms with Crippen LogP contribution in [-0.2, 0) is 12.1 Å². The summed E-state index contributed by atoms with van der Waals surface area (Å²) in [6, 6.07) is 5.99. The number of hydrogen-bond donors (Lipinski definition) is 2. The lowest BCUT2D eigenvalue weighted by molar-refractivity contribution is 0.0824. The molecule has 0 amide bonds. The molecule has 3 N–H and O–H groups in total. The number of nitrogens with one attached hydrogen (secondary N) is 1. The van der Waals surface area contributed by atoms with Gasteiger partial charge in [0.2, 0.25) is 0 Å². The van der Waals surface area contributed by atoms with Gasteiger partial charge in [0, 0.05) is 24.2 Å². The van der Waals surface area contributed by atoms with Crippen LogP contribution in [0.4, 0.5) is 24.5 Å². The van der Waals surface area contributed by atoms with Crippen molar-refractivity contribution >= 4 is 11.4 Å². The maximum absolute atomic E-state index is 14.0. The van der Waals surface area contributed by atoms with Crippen molar-refractivity contribution in [1.29, 1.82) is 5.53 Å². The second kappa shape index (κ2) is 7.53. The molecular formula is C19H19F3N6O. The quantitative estimate of drug-likeness (QED) is 0.449. The summed E-state index contributed by atoms with van der Waals surface area (Å²) in [5, 5.41) is 11.7. The molecule has 0 saturated carbocycles. The van der Waals surface area contributed by atoms with Crippen LogP contribution in [0, 0.1) is 23.0 Å². The van der Waals surface area contributed by atoms with E-state index in [1.54, 1.807) is 36.6 Å². The van der Waals surface area contributed by atoms with Crippen LogP contribution < -0.4 is 10.5 Å². The van der Waals surface area contributed by atoms with E-state index in [0.29, 0.717) is 41.6 Å². The standard InChI is InChI=1S/C19H19F3N6O/c1-4-28-17(10-5-6-14(23)15(7-10)25-24)26-27-18(28)19(2,3)29-16-12(21)8-11(20)9-13(16)22/h5-9,24H,4,23H2,1-3H3. The SMILES string of the molecule is CCn1c(-c2ccc(N)c(N=N)c2)nnc1C(C)(C)Oc1c(F)cc(F)cc1F. The van der Waals surface area contributed by atoms with Crippen LogP contribution in [-0.4, -0.2) is 14.8 Å². The summed E-state index contributed by atoms with van der Waals surface area (Å²) in [6.07, 6.45) is 0. The number of ether oxygens (including phenoxy) is 1. The van der Waals surface area contributed by atoms with Crippen molar-refractivity contribution in [3.63, 3.8) is 0 Å². The number of rotatable bonds is 6. The van der Waals surface area contributed by atoms with Crippen molar-refractivity contribution in [2.24, 2.45) is 5.11 Å². The van der Waals surface area contributed by atoms with Crippen molar-refractivity contribution in [3.05, 3.63) is 53.6 Å². The molecule has 0 atom stereocenters. The van der Waals surface area contributed by atoms with Gasteiger partial charge in [-0.25, -0.2) is 18.7 Å². The normalized spacial score (nSPS) is 11.5. The van der Waals surface area contributed by atoms with Crippen molar-refractivity contribution < 1.29 is 17.9 Å². The number of benzene rings is 2. The predicted molar refractivity (Wildman–Crippen MR) is 100 cm³/mol. The Morgan fingerprint density at radius 1 is 1.14 bits per heavy atom. The van der Waals surface area contributed by atoms with Gasteiger partial charge < -0.3 is 15.0 Å². The summed E-state index contributed by atoms with van der Waals surface area (Å²) in [5.41, 5.74) is 12.9. The maximum atomic E-state index is 14.0. The molecule has 0 aliphatic carbocycles. The van der Waals surface area contributed by atoms with E-state index < -0.39 is 28.8 Å². The minimum Gasteiger partial charge on any atom is -0.474 e. The Kier molecular flexibility index (Phi) is 5.27. The number of anilines is 1. The largest absolute Gasteiger partial charge is 0.474 e. The fourth-order valence-corrected chi connectivity index (χ4v) is 2.97. The Labute approximate surface area is 164 Å². The molecule has 0 bridgehead atoms. The Balaban J connectivity index is 2.04. The lowest BCUT2D eigenvalue weighted by Gasteiger charge is -2.26. The number of halogens is 3.